The van der Waals surface area contributed by atoms with Crippen LogP contribution in [-0.4, -0.2) is 42.3 Å². The molecule has 1 saturated heterocycles. The highest BCUT2D eigenvalue weighted by molar-refractivity contribution is 7.89. The van der Waals surface area contributed by atoms with Crippen molar-refractivity contribution in [3.63, 3.8) is 0 Å². The van der Waals surface area contributed by atoms with Gasteiger partial charge >= 0.3 is 0 Å². The van der Waals surface area contributed by atoms with Gasteiger partial charge in [-0.25, -0.2) is 12.8 Å². The number of sulfonamides is 1. The molecule has 2 aromatic carbocycles. The predicted molar refractivity (Wildman–Crippen MR) is 115 cm³/mol. The summed E-state index contributed by atoms with van der Waals surface area (Å²) in [7, 11) is -3.52. The Morgan fingerprint density at radius 1 is 1.13 bits per heavy atom. The second-order valence-corrected chi connectivity index (χ2v) is 10.6. The number of amides is 1. The van der Waals surface area contributed by atoms with Gasteiger partial charge in [0.1, 0.15) is 12.4 Å². The number of halogens is 1. The topological polar surface area (TPSA) is 71.4 Å². The number of carbonyl (C=O) groups is 1. The standard InChI is InChI=1S/C23H24FN3O3S/c1-15-2-6-19(7-3-15)31(29,30)27-12-17-10-21(20(17)13-27)25-23(28)14-26-9-8-16-4-5-18(24)11-22(16)26/h2-9,11,17,20-21H,10,12-14H2,1H3,(H,25,28)/t17-,20+,21+/m1/s1. The molecule has 31 heavy (non-hydrogen) atoms. The molecule has 0 bridgehead atoms. The molecule has 0 spiro atoms. The van der Waals surface area contributed by atoms with E-state index < -0.39 is 10.0 Å². The minimum absolute atomic E-state index is 0.0331. The normalized spacial score (nSPS) is 23.5. The highest BCUT2D eigenvalue weighted by Crippen LogP contribution is 2.42. The van der Waals surface area contributed by atoms with Crippen LogP contribution in [-0.2, 0) is 21.4 Å². The maximum Gasteiger partial charge on any atom is 0.243 e. The fraction of sp³-hybridized carbons (Fsp3) is 0.348. The fourth-order valence-electron chi connectivity index (χ4n) is 4.79. The van der Waals surface area contributed by atoms with Crippen LogP contribution in [0.1, 0.15) is 12.0 Å². The minimum Gasteiger partial charge on any atom is -0.351 e. The van der Waals surface area contributed by atoms with Crippen LogP contribution in [0.4, 0.5) is 4.39 Å². The Labute approximate surface area is 180 Å². The number of benzene rings is 2. The Morgan fingerprint density at radius 3 is 2.68 bits per heavy atom. The fourth-order valence-corrected chi connectivity index (χ4v) is 6.32. The Bertz CT molecular complexity index is 1250. The third kappa shape index (κ3) is 3.64. The van der Waals surface area contributed by atoms with E-state index in [1.54, 1.807) is 45.4 Å². The molecular formula is C23H24FN3O3S. The van der Waals surface area contributed by atoms with Crippen LogP contribution >= 0.6 is 0 Å². The number of nitrogens with zero attached hydrogens (tertiary/aromatic N) is 2. The molecule has 1 saturated carbocycles. The van der Waals surface area contributed by atoms with Gasteiger partial charge in [-0.2, -0.15) is 4.31 Å². The molecule has 1 amide bonds. The Balaban J connectivity index is 1.22. The first kappa shape index (κ1) is 20.2. The van der Waals surface area contributed by atoms with Gasteiger partial charge in [0.05, 0.1) is 10.4 Å². The average molecular weight is 442 g/mol. The van der Waals surface area contributed by atoms with E-state index in [9.17, 15) is 17.6 Å². The van der Waals surface area contributed by atoms with Crippen LogP contribution in [0.3, 0.4) is 0 Å². The zero-order valence-electron chi connectivity index (χ0n) is 17.2. The van der Waals surface area contributed by atoms with Gasteiger partial charge in [-0.1, -0.05) is 17.7 Å². The SMILES string of the molecule is Cc1ccc(S(=O)(=O)N2C[C@H]3C[C@H](NC(=O)Cn4ccc5ccc(F)cc54)[C@H]3C2)cc1. The molecule has 2 aliphatic rings. The van der Waals surface area contributed by atoms with Gasteiger partial charge in [-0.05, 0) is 67.0 Å². The van der Waals surface area contributed by atoms with Crippen LogP contribution in [0.25, 0.3) is 10.9 Å². The van der Waals surface area contributed by atoms with E-state index in [0.29, 0.717) is 23.5 Å². The van der Waals surface area contributed by atoms with Gasteiger partial charge in [0.25, 0.3) is 0 Å². The second-order valence-electron chi connectivity index (χ2n) is 8.62. The third-order valence-electron chi connectivity index (χ3n) is 6.59. The molecule has 1 aliphatic heterocycles. The van der Waals surface area contributed by atoms with Crippen molar-refractivity contribution in [3.8, 4) is 0 Å². The summed E-state index contributed by atoms with van der Waals surface area (Å²) in [4.78, 5) is 12.9. The van der Waals surface area contributed by atoms with E-state index in [2.05, 4.69) is 5.32 Å². The first-order chi connectivity index (χ1) is 14.8. The lowest BCUT2D eigenvalue weighted by molar-refractivity contribution is -0.123. The lowest BCUT2D eigenvalue weighted by Crippen LogP contribution is -2.52. The summed E-state index contributed by atoms with van der Waals surface area (Å²) in [6.45, 7) is 2.94. The monoisotopic (exact) mass is 441 g/mol. The number of hydrogen-bond acceptors (Lipinski definition) is 3. The molecule has 2 heterocycles. The van der Waals surface area contributed by atoms with E-state index >= 15 is 0 Å². The average Bonchev–Trinajstić information content (AvgIpc) is 3.27. The van der Waals surface area contributed by atoms with E-state index in [0.717, 1.165) is 17.4 Å². The first-order valence-electron chi connectivity index (χ1n) is 10.4. The highest BCUT2D eigenvalue weighted by Gasteiger charge is 2.50. The predicted octanol–water partition coefficient (Wildman–Crippen LogP) is 2.91. The van der Waals surface area contributed by atoms with E-state index in [1.165, 1.54) is 12.1 Å². The number of aryl methyl sites for hydroxylation is 1. The summed E-state index contributed by atoms with van der Waals surface area (Å²) in [6.07, 6.45) is 2.55. The Hall–Kier alpha value is -2.71. The lowest BCUT2D eigenvalue weighted by Gasteiger charge is -2.39. The van der Waals surface area contributed by atoms with Crippen LogP contribution in [0.15, 0.2) is 59.6 Å². The summed E-state index contributed by atoms with van der Waals surface area (Å²) in [5, 5.41) is 3.93. The summed E-state index contributed by atoms with van der Waals surface area (Å²) in [5.41, 5.74) is 1.69. The molecule has 8 heteroatoms. The minimum atomic E-state index is -3.52. The van der Waals surface area contributed by atoms with Crippen molar-refractivity contribution >= 4 is 26.8 Å². The van der Waals surface area contributed by atoms with Gasteiger partial charge in [0.15, 0.2) is 0 Å². The number of hydrogen-bond donors (Lipinski definition) is 1. The van der Waals surface area contributed by atoms with Crippen LogP contribution in [0.5, 0.6) is 0 Å². The maximum atomic E-state index is 13.6. The van der Waals surface area contributed by atoms with Gasteiger partial charge < -0.3 is 9.88 Å². The number of nitrogens with one attached hydrogen (secondary N) is 1. The summed E-state index contributed by atoms with van der Waals surface area (Å²) in [5.74, 6) is -0.0874. The quantitative estimate of drug-likeness (QED) is 0.662. The number of rotatable bonds is 5. The van der Waals surface area contributed by atoms with Gasteiger partial charge in [-0.15, -0.1) is 0 Å². The molecule has 162 valence electrons. The van der Waals surface area contributed by atoms with E-state index in [1.807, 2.05) is 13.0 Å². The lowest BCUT2D eigenvalue weighted by atomic mass is 9.71. The summed E-state index contributed by atoms with van der Waals surface area (Å²) < 4.78 is 42.8. The molecule has 0 unspecified atom stereocenters. The largest absolute Gasteiger partial charge is 0.351 e. The van der Waals surface area contributed by atoms with Crippen molar-refractivity contribution in [2.75, 3.05) is 13.1 Å². The molecule has 1 aromatic heterocycles. The van der Waals surface area contributed by atoms with E-state index in [4.69, 9.17) is 0 Å². The molecule has 5 rings (SSSR count). The summed E-state index contributed by atoms with van der Waals surface area (Å²) in [6, 6.07) is 13.2. The van der Waals surface area contributed by atoms with Gasteiger partial charge in [0, 0.05) is 25.3 Å². The van der Waals surface area contributed by atoms with Gasteiger partial charge in [-0.3, -0.25) is 4.79 Å². The Morgan fingerprint density at radius 2 is 1.90 bits per heavy atom. The molecule has 3 aromatic rings. The van der Waals surface area contributed by atoms with Crippen molar-refractivity contribution in [2.24, 2.45) is 11.8 Å². The third-order valence-corrected chi connectivity index (χ3v) is 8.43. The van der Waals surface area contributed by atoms with Crippen LogP contribution in [0, 0.1) is 24.6 Å². The van der Waals surface area contributed by atoms with Crippen LogP contribution < -0.4 is 5.32 Å². The van der Waals surface area contributed by atoms with Crippen molar-refractivity contribution < 1.29 is 17.6 Å². The van der Waals surface area contributed by atoms with Crippen molar-refractivity contribution in [1.82, 2.24) is 14.2 Å². The highest BCUT2D eigenvalue weighted by atomic mass is 32.2. The smallest absolute Gasteiger partial charge is 0.243 e. The number of carbonyl (C=O) groups excluding carboxylic acids is 1. The first-order valence-corrected chi connectivity index (χ1v) is 11.9. The molecule has 6 nitrogen and oxygen atoms in total. The zero-order chi connectivity index (χ0) is 21.8. The molecular weight excluding hydrogens is 417 g/mol. The van der Waals surface area contributed by atoms with Crippen LogP contribution in [0.2, 0.25) is 0 Å². The van der Waals surface area contributed by atoms with E-state index in [-0.39, 0.29) is 36.1 Å². The van der Waals surface area contributed by atoms with Gasteiger partial charge in [0.2, 0.25) is 15.9 Å². The molecule has 1 N–H and O–H groups in total. The molecule has 3 atom stereocenters. The molecule has 1 aliphatic carbocycles. The number of fused-ring (bicyclic) bond motifs is 2. The zero-order valence-corrected chi connectivity index (χ0v) is 18.0. The molecule has 2 fully saturated rings. The number of aromatic nitrogens is 1. The Kier molecular flexibility index (Phi) is 4.86. The second kappa shape index (κ2) is 7.46. The van der Waals surface area contributed by atoms with Crippen molar-refractivity contribution in [1.29, 1.82) is 0 Å². The maximum absolute atomic E-state index is 13.6. The summed E-state index contributed by atoms with van der Waals surface area (Å²) >= 11 is 0. The van der Waals surface area contributed by atoms with Crippen molar-refractivity contribution in [3.05, 3.63) is 66.1 Å². The van der Waals surface area contributed by atoms with Crippen molar-refractivity contribution in [2.45, 2.75) is 30.8 Å². The molecule has 0 radical (unpaired) electrons.